The Kier molecular flexibility index (Phi) is 5.91. The van der Waals surface area contributed by atoms with Crippen molar-refractivity contribution in [2.45, 2.75) is 48.7 Å². The molecule has 0 saturated carbocycles. The Morgan fingerprint density at radius 3 is 2.79 bits per heavy atom. The van der Waals surface area contributed by atoms with E-state index in [-0.39, 0.29) is 6.04 Å². The molecule has 2 aromatic heterocycles. The fourth-order valence-electron chi connectivity index (χ4n) is 5.46. The van der Waals surface area contributed by atoms with Crippen LogP contribution in [0.3, 0.4) is 0 Å². The van der Waals surface area contributed by atoms with E-state index in [0.717, 1.165) is 84.3 Å². The van der Waals surface area contributed by atoms with Gasteiger partial charge in [-0.15, -0.1) is 0 Å². The zero-order chi connectivity index (χ0) is 23.1. The van der Waals surface area contributed by atoms with Crippen molar-refractivity contribution < 1.29 is 4.74 Å². The Morgan fingerprint density at radius 2 is 2.03 bits per heavy atom. The number of anilines is 2. The smallest absolute Gasteiger partial charge is 0.147 e. The minimum absolute atomic E-state index is 0.168. The monoisotopic (exact) mass is 496 g/mol. The van der Waals surface area contributed by atoms with Gasteiger partial charge in [-0.2, -0.15) is 5.10 Å². The average molecular weight is 497 g/mol. The highest BCUT2D eigenvalue weighted by atomic mass is 35.5. The van der Waals surface area contributed by atoms with Crippen molar-refractivity contribution >= 4 is 35.0 Å². The van der Waals surface area contributed by atoms with Gasteiger partial charge in [-0.1, -0.05) is 42.4 Å². The minimum atomic E-state index is 0.168. The first-order chi connectivity index (χ1) is 16.6. The number of hydrogen-bond acceptors (Lipinski definition) is 7. The van der Waals surface area contributed by atoms with Gasteiger partial charge in [0.25, 0.3) is 0 Å². The Bertz CT molecular complexity index is 1160. The van der Waals surface area contributed by atoms with Gasteiger partial charge in [0.05, 0.1) is 36.3 Å². The molecule has 2 atom stereocenters. The van der Waals surface area contributed by atoms with Crippen LogP contribution in [-0.2, 0) is 11.3 Å². The molecule has 3 aliphatic rings. The Balaban J connectivity index is 1.13. The number of nitrogens with one attached hydrogen (secondary N) is 1. The van der Waals surface area contributed by atoms with Gasteiger partial charge in [0.2, 0.25) is 0 Å². The van der Waals surface area contributed by atoms with E-state index in [9.17, 15) is 0 Å². The largest absolute Gasteiger partial charge is 0.381 e. The molecular weight excluding hydrogens is 468 g/mol. The maximum atomic E-state index is 6.87. The molecule has 2 fully saturated rings. The molecule has 3 aliphatic heterocycles. The summed E-state index contributed by atoms with van der Waals surface area (Å²) in [6, 6.07) is 8.38. The normalized spacial score (nSPS) is 23.6. The lowest BCUT2D eigenvalue weighted by Gasteiger charge is -2.41. The van der Waals surface area contributed by atoms with Gasteiger partial charge in [-0.3, -0.25) is 0 Å². The van der Waals surface area contributed by atoms with Crippen LogP contribution in [0.5, 0.6) is 0 Å². The van der Waals surface area contributed by atoms with Gasteiger partial charge < -0.3 is 15.0 Å². The van der Waals surface area contributed by atoms with Crippen LogP contribution < -0.4 is 10.2 Å². The number of nitrogens with zero attached hydrogens (tertiary/aromatic N) is 5. The van der Waals surface area contributed by atoms with E-state index in [1.807, 2.05) is 35.4 Å². The van der Waals surface area contributed by atoms with Crippen LogP contribution in [0.1, 0.15) is 37.8 Å². The van der Waals surface area contributed by atoms with Crippen LogP contribution in [0.2, 0.25) is 5.02 Å². The van der Waals surface area contributed by atoms with E-state index in [0.29, 0.717) is 11.3 Å². The van der Waals surface area contributed by atoms with Crippen LogP contribution in [0.15, 0.2) is 52.8 Å². The van der Waals surface area contributed by atoms with Gasteiger partial charge in [0.15, 0.2) is 0 Å². The van der Waals surface area contributed by atoms with Gasteiger partial charge in [0, 0.05) is 42.6 Å². The molecule has 1 unspecified atom stereocenters. The summed E-state index contributed by atoms with van der Waals surface area (Å²) in [4.78, 5) is 12.8. The van der Waals surface area contributed by atoms with Crippen LogP contribution >= 0.6 is 23.4 Å². The number of benzene rings is 1. The average Bonchev–Trinajstić information content (AvgIpc) is 3.48. The third-order valence-corrected chi connectivity index (χ3v) is 9.27. The lowest BCUT2D eigenvalue weighted by molar-refractivity contribution is 0.127. The zero-order valence-electron chi connectivity index (χ0n) is 19.3. The molecule has 3 aromatic rings. The summed E-state index contributed by atoms with van der Waals surface area (Å²) >= 11 is 8.43. The number of halogens is 1. The van der Waals surface area contributed by atoms with E-state index < -0.39 is 0 Å². The standard InChI is InChI=1S/C25H29ClN6OS/c1-17-15-33-16-25(17)7-11-31(12-8-25)22-13-28-23(14-27-22)34-20-4-2-3-18(24(20)26)19-6-10-32-21(30-19)5-9-29-32/h2-5,9,13-14,17,19,30H,6-8,10-12,15-16H2,1H3/t17-,19?/m1/s1. The highest BCUT2D eigenvalue weighted by Crippen LogP contribution is 2.44. The molecule has 0 radical (unpaired) electrons. The highest BCUT2D eigenvalue weighted by molar-refractivity contribution is 7.99. The fourth-order valence-corrected chi connectivity index (χ4v) is 6.62. The van der Waals surface area contributed by atoms with E-state index in [1.54, 1.807) is 11.8 Å². The van der Waals surface area contributed by atoms with Gasteiger partial charge in [0.1, 0.15) is 16.7 Å². The van der Waals surface area contributed by atoms with E-state index in [2.05, 4.69) is 34.4 Å². The van der Waals surface area contributed by atoms with Crippen molar-refractivity contribution in [3.63, 3.8) is 0 Å². The first-order valence-electron chi connectivity index (χ1n) is 12.0. The number of fused-ring (bicyclic) bond motifs is 1. The van der Waals surface area contributed by atoms with Crippen molar-refractivity contribution in [2.75, 3.05) is 36.5 Å². The van der Waals surface area contributed by atoms with Crippen molar-refractivity contribution in [2.24, 2.45) is 11.3 Å². The summed E-state index contributed by atoms with van der Waals surface area (Å²) in [6.45, 7) is 7.03. The highest BCUT2D eigenvalue weighted by Gasteiger charge is 2.43. The van der Waals surface area contributed by atoms with Crippen LogP contribution in [0, 0.1) is 11.3 Å². The van der Waals surface area contributed by atoms with Gasteiger partial charge >= 0.3 is 0 Å². The second-order valence-corrected chi connectivity index (χ2v) is 11.1. The second kappa shape index (κ2) is 9.06. The Hall–Kier alpha value is -2.29. The molecule has 2 saturated heterocycles. The summed E-state index contributed by atoms with van der Waals surface area (Å²) in [7, 11) is 0. The third-order valence-electron chi connectivity index (χ3n) is 7.75. The molecule has 7 nitrogen and oxygen atoms in total. The minimum Gasteiger partial charge on any atom is -0.381 e. The summed E-state index contributed by atoms with van der Waals surface area (Å²) in [5.41, 5.74) is 1.46. The maximum Gasteiger partial charge on any atom is 0.147 e. The lowest BCUT2D eigenvalue weighted by atomic mass is 9.72. The number of ether oxygens (including phenoxy) is 1. The molecule has 0 bridgehead atoms. The fraction of sp³-hybridized carbons (Fsp3) is 0.480. The third kappa shape index (κ3) is 4.06. The predicted octanol–water partition coefficient (Wildman–Crippen LogP) is 5.29. The van der Waals surface area contributed by atoms with Crippen molar-refractivity contribution in [3.8, 4) is 0 Å². The SMILES string of the molecule is C[C@@H]1COCC12CCN(c1cnc(Sc3cccc(C4CCn5nccc5N4)c3Cl)cn1)CC2. The molecular formula is C25H29ClN6OS. The maximum absolute atomic E-state index is 6.87. The number of piperidine rings is 1. The molecule has 1 spiro atoms. The summed E-state index contributed by atoms with van der Waals surface area (Å²) in [6.07, 6.45) is 8.85. The van der Waals surface area contributed by atoms with E-state index in [4.69, 9.17) is 26.3 Å². The number of rotatable bonds is 4. The quantitative estimate of drug-likeness (QED) is 0.526. The number of hydrogen-bond donors (Lipinski definition) is 1. The number of aromatic nitrogens is 4. The van der Waals surface area contributed by atoms with Crippen molar-refractivity contribution in [3.05, 3.63) is 53.4 Å². The van der Waals surface area contributed by atoms with Gasteiger partial charge in [-0.05, 0) is 36.8 Å². The Morgan fingerprint density at radius 1 is 1.15 bits per heavy atom. The van der Waals surface area contributed by atoms with Crippen LogP contribution in [0.25, 0.3) is 0 Å². The summed E-state index contributed by atoms with van der Waals surface area (Å²) in [5.74, 6) is 2.63. The molecule has 1 N–H and O–H groups in total. The number of aryl methyl sites for hydroxylation is 1. The molecule has 0 aliphatic carbocycles. The second-order valence-electron chi connectivity index (χ2n) is 9.67. The molecule has 1 aromatic carbocycles. The molecule has 178 valence electrons. The predicted molar refractivity (Wildman–Crippen MR) is 135 cm³/mol. The summed E-state index contributed by atoms with van der Waals surface area (Å²) < 4.78 is 7.75. The lowest BCUT2D eigenvalue weighted by Crippen LogP contribution is -2.43. The molecule has 34 heavy (non-hydrogen) atoms. The van der Waals surface area contributed by atoms with Crippen molar-refractivity contribution in [1.29, 1.82) is 0 Å². The Labute approximate surface area is 209 Å². The molecule has 5 heterocycles. The van der Waals surface area contributed by atoms with Crippen LogP contribution in [-0.4, -0.2) is 46.1 Å². The van der Waals surface area contributed by atoms with Gasteiger partial charge in [-0.25, -0.2) is 14.6 Å². The molecule has 0 amide bonds. The zero-order valence-corrected chi connectivity index (χ0v) is 20.9. The van der Waals surface area contributed by atoms with E-state index in [1.165, 1.54) is 0 Å². The first-order valence-corrected chi connectivity index (χ1v) is 13.2. The van der Waals surface area contributed by atoms with Crippen molar-refractivity contribution in [1.82, 2.24) is 19.7 Å². The van der Waals surface area contributed by atoms with E-state index >= 15 is 0 Å². The van der Waals surface area contributed by atoms with Crippen LogP contribution in [0.4, 0.5) is 11.6 Å². The first kappa shape index (κ1) is 22.2. The molecule has 9 heteroatoms. The molecule has 6 rings (SSSR count). The topological polar surface area (TPSA) is 68.1 Å². The summed E-state index contributed by atoms with van der Waals surface area (Å²) in [5, 5.41) is 9.52.